The fourth-order valence-electron chi connectivity index (χ4n) is 1.73. The largest absolute Gasteiger partial charge is 0.480 e. The van der Waals surface area contributed by atoms with E-state index in [1.54, 1.807) is 6.92 Å². The van der Waals surface area contributed by atoms with Crippen LogP contribution in [0.3, 0.4) is 0 Å². The highest BCUT2D eigenvalue weighted by molar-refractivity contribution is 5.95. The molecule has 1 atom stereocenters. The summed E-state index contributed by atoms with van der Waals surface area (Å²) in [4.78, 5) is 22.3. The number of imide groups is 1. The smallest absolute Gasteiger partial charge is 0.318 e. The predicted molar refractivity (Wildman–Crippen MR) is 76.4 cm³/mol. The van der Waals surface area contributed by atoms with Gasteiger partial charge in [0.2, 0.25) is 0 Å². The molecule has 0 spiro atoms. The van der Waals surface area contributed by atoms with Crippen LogP contribution in [-0.4, -0.2) is 24.6 Å². The van der Waals surface area contributed by atoms with Gasteiger partial charge >= 0.3 is 6.03 Å². The monoisotopic (exact) mass is 279 g/mol. The maximum atomic E-state index is 11.6. The molecule has 6 nitrogen and oxygen atoms in total. The Morgan fingerprint density at radius 1 is 1.40 bits per heavy atom. The molecule has 0 aliphatic rings. The summed E-state index contributed by atoms with van der Waals surface area (Å²) in [6.45, 7) is 6.98. The highest BCUT2D eigenvalue weighted by atomic mass is 16.5. The Morgan fingerprint density at radius 2 is 2.10 bits per heavy atom. The Kier molecular flexibility index (Phi) is 5.99. The van der Waals surface area contributed by atoms with Gasteiger partial charge in [-0.25, -0.2) is 4.79 Å². The SMILES string of the molecule is CCNCc1cccc(C)c1OC(C)C(=O)NC(N)=O. The first-order valence-electron chi connectivity index (χ1n) is 6.51. The van der Waals surface area contributed by atoms with E-state index in [0.717, 1.165) is 17.7 Å². The molecule has 1 aromatic rings. The number of nitrogens with one attached hydrogen (secondary N) is 2. The second-order valence-electron chi connectivity index (χ2n) is 4.46. The van der Waals surface area contributed by atoms with E-state index in [9.17, 15) is 9.59 Å². The number of ether oxygens (including phenoxy) is 1. The van der Waals surface area contributed by atoms with Crippen molar-refractivity contribution >= 4 is 11.9 Å². The second-order valence-corrected chi connectivity index (χ2v) is 4.46. The molecule has 1 aromatic carbocycles. The summed E-state index contributed by atoms with van der Waals surface area (Å²) in [6, 6.07) is 4.89. The highest BCUT2D eigenvalue weighted by Crippen LogP contribution is 2.24. The number of rotatable bonds is 6. The fraction of sp³-hybridized carbons (Fsp3) is 0.429. The molecule has 0 bridgehead atoms. The summed E-state index contributed by atoms with van der Waals surface area (Å²) in [5.74, 6) is 0.0933. The van der Waals surface area contributed by atoms with Gasteiger partial charge in [0.15, 0.2) is 6.10 Å². The van der Waals surface area contributed by atoms with Crippen LogP contribution < -0.4 is 21.1 Å². The molecule has 6 heteroatoms. The standard InChI is InChI=1S/C14H21N3O3/c1-4-16-8-11-7-5-6-9(2)12(11)20-10(3)13(18)17-14(15)19/h5-7,10,16H,4,8H2,1-3H3,(H3,15,17,18,19). The lowest BCUT2D eigenvalue weighted by Crippen LogP contribution is -2.42. The molecular formula is C14H21N3O3. The lowest BCUT2D eigenvalue weighted by atomic mass is 10.1. The Balaban J connectivity index is 2.84. The van der Waals surface area contributed by atoms with E-state index in [-0.39, 0.29) is 0 Å². The first-order chi connectivity index (χ1) is 9.45. The number of aryl methyl sites for hydroxylation is 1. The Morgan fingerprint density at radius 3 is 2.70 bits per heavy atom. The molecule has 0 radical (unpaired) electrons. The van der Waals surface area contributed by atoms with E-state index in [4.69, 9.17) is 10.5 Å². The van der Waals surface area contributed by atoms with Crippen LogP contribution in [-0.2, 0) is 11.3 Å². The van der Waals surface area contributed by atoms with Crippen molar-refractivity contribution in [2.75, 3.05) is 6.54 Å². The number of amides is 3. The van der Waals surface area contributed by atoms with Crippen LogP contribution in [0.15, 0.2) is 18.2 Å². The average molecular weight is 279 g/mol. The zero-order chi connectivity index (χ0) is 15.1. The van der Waals surface area contributed by atoms with Gasteiger partial charge in [0.05, 0.1) is 0 Å². The molecule has 0 fully saturated rings. The fourth-order valence-corrected chi connectivity index (χ4v) is 1.73. The molecule has 0 saturated heterocycles. The summed E-state index contributed by atoms with van der Waals surface area (Å²) >= 11 is 0. The van der Waals surface area contributed by atoms with Gasteiger partial charge in [0, 0.05) is 12.1 Å². The number of primary amides is 1. The topological polar surface area (TPSA) is 93.4 Å². The van der Waals surface area contributed by atoms with Gasteiger partial charge < -0.3 is 15.8 Å². The summed E-state index contributed by atoms with van der Waals surface area (Å²) in [5.41, 5.74) is 6.81. The third-order valence-corrected chi connectivity index (χ3v) is 2.77. The van der Waals surface area contributed by atoms with Crippen molar-refractivity contribution in [2.24, 2.45) is 5.73 Å². The lowest BCUT2D eigenvalue weighted by Gasteiger charge is -2.18. The van der Waals surface area contributed by atoms with E-state index in [2.05, 4.69) is 5.32 Å². The number of nitrogens with two attached hydrogens (primary N) is 1. The number of hydrogen-bond acceptors (Lipinski definition) is 4. The molecule has 0 aliphatic heterocycles. The third-order valence-electron chi connectivity index (χ3n) is 2.77. The Hall–Kier alpha value is -2.08. The number of para-hydroxylation sites is 1. The second kappa shape index (κ2) is 7.49. The molecule has 0 aliphatic carbocycles. The molecule has 0 saturated carbocycles. The maximum absolute atomic E-state index is 11.6. The van der Waals surface area contributed by atoms with Crippen LogP contribution in [0.5, 0.6) is 5.75 Å². The van der Waals surface area contributed by atoms with Crippen molar-refractivity contribution in [3.63, 3.8) is 0 Å². The van der Waals surface area contributed by atoms with Gasteiger partial charge in [-0.05, 0) is 26.0 Å². The summed E-state index contributed by atoms with van der Waals surface area (Å²) in [5, 5.41) is 5.22. The van der Waals surface area contributed by atoms with Gasteiger partial charge in [-0.1, -0.05) is 25.1 Å². The zero-order valence-corrected chi connectivity index (χ0v) is 12.0. The Labute approximate surface area is 118 Å². The minimum Gasteiger partial charge on any atom is -0.480 e. The first kappa shape index (κ1) is 16.0. The van der Waals surface area contributed by atoms with E-state index in [1.165, 1.54) is 0 Å². The molecular weight excluding hydrogens is 258 g/mol. The van der Waals surface area contributed by atoms with Gasteiger partial charge in [-0.15, -0.1) is 0 Å². The van der Waals surface area contributed by atoms with Crippen LogP contribution in [0.2, 0.25) is 0 Å². The van der Waals surface area contributed by atoms with Crippen LogP contribution >= 0.6 is 0 Å². The predicted octanol–water partition coefficient (Wildman–Crippen LogP) is 1.07. The summed E-state index contributed by atoms with van der Waals surface area (Å²) in [7, 11) is 0. The molecule has 20 heavy (non-hydrogen) atoms. The van der Waals surface area contributed by atoms with Gasteiger partial charge in [-0.3, -0.25) is 10.1 Å². The molecule has 110 valence electrons. The zero-order valence-electron chi connectivity index (χ0n) is 12.0. The van der Waals surface area contributed by atoms with Crippen molar-refractivity contribution in [2.45, 2.75) is 33.4 Å². The number of carbonyl (C=O) groups excluding carboxylic acids is 2. The first-order valence-corrected chi connectivity index (χ1v) is 6.51. The van der Waals surface area contributed by atoms with Crippen molar-refractivity contribution in [3.8, 4) is 5.75 Å². The maximum Gasteiger partial charge on any atom is 0.318 e. The molecule has 1 rings (SSSR count). The van der Waals surface area contributed by atoms with Gasteiger partial charge in [0.25, 0.3) is 5.91 Å². The van der Waals surface area contributed by atoms with Crippen molar-refractivity contribution < 1.29 is 14.3 Å². The van der Waals surface area contributed by atoms with E-state index in [0.29, 0.717) is 12.3 Å². The van der Waals surface area contributed by atoms with Crippen LogP contribution in [0.1, 0.15) is 25.0 Å². The quantitative estimate of drug-likeness (QED) is 0.726. The van der Waals surface area contributed by atoms with Gasteiger partial charge in [-0.2, -0.15) is 0 Å². The van der Waals surface area contributed by atoms with E-state index in [1.807, 2.05) is 37.4 Å². The molecule has 0 heterocycles. The molecule has 3 amide bonds. The number of urea groups is 1. The minimum atomic E-state index is -0.886. The van der Waals surface area contributed by atoms with Crippen molar-refractivity contribution in [1.82, 2.24) is 10.6 Å². The van der Waals surface area contributed by atoms with Crippen LogP contribution in [0, 0.1) is 6.92 Å². The Bertz CT molecular complexity index is 489. The lowest BCUT2D eigenvalue weighted by molar-refractivity contribution is -0.126. The highest BCUT2D eigenvalue weighted by Gasteiger charge is 2.18. The summed E-state index contributed by atoms with van der Waals surface area (Å²) in [6.07, 6.45) is -0.802. The normalized spacial score (nSPS) is 11.8. The summed E-state index contributed by atoms with van der Waals surface area (Å²) < 4.78 is 5.68. The van der Waals surface area contributed by atoms with Crippen molar-refractivity contribution in [3.05, 3.63) is 29.3 Å². The van der Waals surface area contributed by atoms with Gasteiger partial charge in [0.1, 0.15) is 5.75 Å². The molecule has 4 N–H and O–H groups in total. The van der Waals surface area contributed by atoms with E-state index >= 15 is 0 Å². The third kappa shape index (κ3) is 4.55. The minimum absolute atomic E-state index is 0.560. The molecule has 0 aromatic heterocycles. The van der Waals surface area contributed by atoms with Crippen LogP contribution in [0.4, 0.5) is 4.79 Å². The van der Waals surface area contributed by atoms with E-state index < -0.39 is 18.0 Å². The number of benzene rings is 1. The van der Waals surface area contributed by atoms with Crippen molar-refractivity contribution in [1.29, 1.82) is 0 Å². The van der Waals surface area contributed by atoms with Crippen LogP contribution in [0.25, 0.3) is 0 Å². The number of hydrogen-bond donors (Lipinski definition) is 3. The number of carbonyl (C=O) groups is 2. The molecule has 1 unspecified atom stereocenters. The average Bonchev–Trinajstić information content (AvgIpc) is 2.38.